The molecule has 0 radical (unpaired) electrons. The van der Waals surface area contributed by atoms with Crippen molar-refractivity contribution in [2.24, 2.45) is 0 Å². The van der Waals surface area contributed by atoms with E-state index in [1.165, 1.54) is 0 Å². The highest BCUT2D eigenvalue weighted by Gasteiger charge is 2.29. The van der Waals surface area contributed by atoms with E-state index >= 15 is 0 Å². The molecule has 0 heterocycles. The molecule has 2 aromatic carbocycles. The van der Waals surface area contributed by atoms with Gasteiger partial charge in [0.05, 0.1) is 7.11 Å². The maximum atomic E-state index is 13.2. The molecule has 2 rings (SSSR count). The second kappa shape index (κ2) is 12.2. The molecule has 0 aliphatic carbocycles. The topological polar surface area (TPSA) is 67.9 Å². The number of carbonyl (C=O) groups is 2. The minimum Gasteiger partial charge on any atom is -0.497 e. The van der Waals surface area contributed by atoms with Gasteiger partial charge in [-0.2, -0.15) is 0 Å². The number of benzene rings is 2. The lowest BCUT2D eigenvalue weighted by Crippen LogP contribution is -2.51. The van der Waals surface area contributed by atoms with Gasteiger partial charge in [-0.05, 0) is 61.7 Å². The number of hydrogen-bond donors (Lipinski definition) is 1. The van der Waals surface area contributed by atoms with E-state index in [-0.39, 0.29) is 31.0 Å². The monoisotopic (exact) mass is 446 g/mol. The average Bonchev–Trinajstić information content (AvgIpc) is 2.78. The molecule has 1 N–H and O–H groups in total. The van der Waals surface area contributed by atoms with E-state index in [0.717, 1.165) is 12.0 Å². The van der Waals surface area contributed by atoms with Crippen molar-refractivity contribution in [2.75, 3.05) is 13.7 Å². The summed E-state index contributed by atoms with van der Waals surface area (Å²) in [5.41, 5.74) is 0.869. The van der Waals surface area contributed by atoms with Crippen LogP contribution >= 0.6 is 11.6 Å². The van der Waals surface area contributed by atoms with Crippen LogP contribution in [0.25, 0.3) is 0 Å². The number of halogens is 1. The largest absolute Gasteiger partial charge is 0.497 e. The number of nitrogens with zero attached hydrogens (tertiary/aromatic N) is 1. The highest BCUT2D eigenvalue weighted by Crippen LogP contribution is 2.19. The maximum absolute atomic E-state index is 13.2. The molecule has 0 fully saturated rings. The number of rotatable bonds is 11. The third-order valence-electron chi connectivity index (χ3n) is 5.05. The third kappa shape index (κ3) is 7.47. The lowest BCUT2D eigenvalue weighted by Gasteiger charge is -2.31. The van der Waals surface area contributed by atoms with E-state index < -0.39 is 6.04 Å². The molecule has 168 valence electrons. The van der Waals surface area contributed by atoms with E-state index in [1.54, 1.807) is 36.3 Å². The van der Waals surface area contributed by atoms with E-state index in [2.05, 4.69) is 5.32 Å². The molecular weight excluding hydrogens is 416 g/mol. The maximum Gasteiger partial charge on any atom is 0.261 e. The number of methoxy groups -OCH3 is 1. The van der Waals surface area contributed by atoms with Crippen molar-refractivity contribution < 1.29 is 19.1 Å². The lowest BCUT2D eigenvalue weighted by atomic mass is 10.1. The van der Waals surface area contributed by atoms with Crippen LogP contribution in [0.2, 0.25) is 5.02 Å². The van der Waals surface area contributed by atoms with Gasteiger partial charge in [-0.1, -0.05) is 37.6 Å². The number of ether oxygens (including phenoxy) is 2. The minimum atomic E-state index is -0.610. The molecule has 7 heteroatoms. The summed E-state index contributed by atoms with van der Waals surface area (Å²) in [6.07, 6.45) is 1.30. The molecule has 0 bridgehead atoms. The van der Waals surface area contributed by atoms with Crippen molar-refractivity contribution in [3.05, 3.63) is 59.1 Å². The van der Waals surface area contributed by atoms with Gasteiger partial charge in [0.15, 0.2) is 6.61 Å². The van der Waals surface area contributed by atoms with Gasteiger partial charge in [0.2, 0.25) is 5.91 Å². The van der Waals surface area contributed by atoms with Crippen LogP contribution in [0.1, 0.15) is 39.2 Å². The van der Waals surface area contributed by atoms with E-state index in [0.29, 0.717) is 22.9 Å². The molecule has 6 nitrogen and oxygen atoms in total. The Balaban J connectivity index is 2.22. The predicted octanol–water partition coefficient (Wildman–Crippen LogP) is 4.45. The van der Waals surface area contributed by atoms with Gasteiger partial charge in [-0.25, -0.2) is 0 Å². The van der Waals surface area contributed by atoms with Crippen molar-refractivity contribution >= 4 is 23.4 Å². The van der Waals surface area contributed by atoms with Crippen LogP contribution in [0.4, 0.5) is 0 Å². The SMILES string of the molecule is CC[C@H](C)NC(=O)[C@H](CC)N(Cc1cccc(OC)c1)C(=O)COc1ccc(Cl)cc1. The van der Waals surface area contributed by atoms with Crippen LogP contribution in [-0.4, -0.2) is 42.5 Å². The first kappa shape index (κ1) is 24.5. The second-order valence-electron chi connectivity index (χ2n) is 7.36. The van der Waals surface area contributed by atoms with E-state index in [9.17, 15) is 9.59 Å². The predicted molar refractivity (Wildman–Crippen MR) is 122 cm³/mol. The first-order chi connectivity index (χ1) is 14.9. The third-order valence-corrected chi connectivity index (χ3v) is 5.30. The molecule has 0 saturated carbocycles. The molecule has 0 aliphatic heterocycles. The summed E-state index contributed by atoms with van der Waals surface area (Å²) in [5.74, 6) is 0.791. The normalized spacial score (nSPS) is 12.5. The van der Waals surface area contributed by atoms with Gasteiger partial charge in [0.1, 0.15) is 17.5 Å². The number of amides is 2. The summed E-state index contributed by atoms with van der Waals surface area (Å²) in [7, 11) is 1.59. The Kier molecular flexibility index (Phi) is 9.66. The quantitative estimate of drug-likeness (QED) is 0.553. The van der Waals surface area contributed by atoms with Crippen molar-refractivity contribution in [3.63, 3.8) is 0 Å². The summed E-state index contributed by atoms with van der Waals surface area (Å²) in [6.45, 7) is 5.94. The summed E-state index contributed by atoms with van der Waals surface area (Å²) in [4.78, 5) is 27.7. The minimum absolute atomic E-state index is 0.0284. The second-order valence-corrected chi connectivity index (χ2v) is 7.79. The van der Waals surface area contributed by atoms with Crippen LogP contribution in [0, 0.1) is 0 Å². The molecule has 0 saturated heterocycles. The Hall–Kier alpha value is -2.73. The standard InChI is InChI=1S/C24H31ClN2O4/c1-5-17(3)26-24(29)22(6-2)27(15-18-8-7-9-21(14-18)30-4)23(28)16-31-20-12-10-19(25)11-13-20/h7-14,17,22H,5-6,15-16H2,1-4H3,(H,26,29)/t17-,22-/m0/s1. The first-order valence-corrected chi connectivity index (χ1v) is 10.9. The summed E-state index contributed by atoms with van der Waals surface area (Å²) >= 11 is 5.90. The summed E-state index contributed by atoms with van der Waals surface area (Å²) in [5, 5.41) is 3.58. The fourth-order valence-electron chi connectivity index (χ4n) is 3.09. The Morgan fingerprint density at radius 1 is 1.06 bits per heavy atom. The van der Waals surface area contributed by atoms with Crippen molar-refractivity contribution in [3.8, 4) is 11.5 Å². The van der Waals surface area contributed by atoms with Crippen LogP contribution in [0.5, 0.6) is 11.5 Å². The number of hydrogen-bond acceptors (Lipinski definition) is 4. The number of nitrogens with one attached hydrogen (secondary N) is 1. The van der Waals surface area contributed by atoms with Crippen LogP contribution in [0.15, 0.2) is 48.5 Å². The average molecular weight is 447 g/mol. The van der Waals surface area contributed by atoms with Crippen LogP contribution in [-0.2, 0) is 16.1 Å². The molecule has 0 aliphatic rings. The fraction of sp³-hybridized carbons (Fsp3) is 0.417. The van der Waals surface area contributed by atoms with E-state index in [4.69, 9.17) is 21.1 Å². The molecule has 0 aromatic heterocycles. The zero-order valence-electron chi connectivity index (χ0n) is 18.6. The van der Waals surface area contributed by atoms with Gasteiger partial charge in [-0.15, -0.1) is 0 Å². The van der Waals surface area contributed by atoms with Gasteiger partial charge < -0.3 is 19.7 Å². The lowest BCUT2D eigenvalue weighted by molar-refractivity contribution is -0.143. The van der Waals surface area contributed by atoms with Gasteiger partial charge in [-0.3, -0.25) is 9.59 Å². The Morgan fingerprint density at radius 2 is 1.77 bits per heavy atom. The van der Waals surface area contributed by atoms with Crippen LogP contribution < -0.4 is 14.8 Å². The zero-order valence-corrected chi connectivity index (χ0v) is 19.3. The fourth-order valence-corrected chi connectivity index (χ4v) is 3.21. The Morgan fingerprint density at radius 3 is 2.39 bits per heavy atom. The van der Waals surface area contributed by atoms with E-state index in [1.807, 2.05) is 45.0 Å². The number of carbonyl (C=O) groups excluding carboxylic acids is 2. The zero-order chi connectivity index (χ0) is 22.8. The smallest absolute Gasteiger partial charge is 0.261 e. The summed E-state index contributed by atoms with van der Waals surface area (Å²) < 4.78 is 11.0. The van der Waals surface area contributed by atoms with Gasteiger partial charge in [0, 0.05) is 17.6 Å². The molecule has 2 aromatic rings. The molecule has 2 amide bonds. The molecule has 2 atom stereocenters. The van der Waals surface area contributed by atoms with Gasteiger partial charge >= 0.3 is 0 Å². The highest BCUT2D eigenvalue weighted by atomic mass is 35.5. The Bertz CT molecular complexity index is 857. The van der Waals surface area contributed by atoms with Crippen LogP contribution in [0.3, 0.4) is 0 Å². The molecule has 0 unspecified atom stereocenters. The van der Waals surface area contributed by atoms with Crippen molar-refractivity contribution in [2.45, 2.75) is 52.2 Å². The first-order valence-electron chi connectivity index (χ1n) is 10.5. The molecule has 0 spiro atoms. The van der Waals surface area contributed by atoms with Crippen molar-refractivity contribution in [1.82, 2.24) is 10.2 Å². The highest BCUT2D eigenvalue weighted by molar-refractivity contribution is 6.30. The molecule has 31 heavy (non-hydrogen) atoms. The Labute approximate surface area is 189 Å². The summed E-state index contributed by atoms with van der Waals surface area (Å²) in [6, 6.07) is 13.7. The molecular formula is C24H31ClN2O4. The van der Waals surface area contributed by atoms with Gasteiger partial charge in [0.25, 0.3) is 5.91 Å². The van der Waals surface area contributed by atoms with Crippen molar-refractivity contribution in [1.29, 1.82) is 0 Å².